The van der Waals surface area contributed by atoms with Gasteiger partial charge < -0.3 is 15.1 Å². The van der Waals surface area contributed by atoms with Crippen molar-refractivity contribution in [3.8, 4) is 0 Å². The van der Waals surface area contributed by atoms with E-state index < -0.39 is 11.8 Å². The maximum atomic E-state index is 11.3. The summed E-state index contributed by atoms with van der Waals surface area (Å²) in [6, 6.07) is 17.3. The summed E-state index contributed by atoms with van der Waals surface area (Å²) in [7, 11) is 0. The van der Waals surface area contributed by atoms with Gasteiger partial charge in [0.1, 0.15) is 11.9 Å². The van der Waals surface area contributed by atoms with Crippen LogP contribution in [0.1, 0.15) is 22.8 Å². The fourth-order valence-corrected chi connectivity index (χ4v) is 3.47. The summed E-state index contributed by atoms with van der Waals surface area (Å²) in [6.45, 7) is 1.28. The molecule has 0 fully saturated rings. The zero-order valence-corrected chi connectivity index (χ0v) is 12.2. The number of rotatable bonds is 2. The highest BCUT2D eigenvalue weighted by Gasteiger charge is 2.48. The van der Waals surface area contributed by atoms with Gasteiger partial charge in [0.15, 0.2) is 5.72 Å². The summed E-state index contributed by atoms with van der Waals surface area (Å²) < 4.78 is 0. The van der Waals surface area contributed by atoms with Crippen molar-refractivity contribution in [2.75, 3.05) is 13.1 Å². The largest absolute Gasteiger partial charge is 0.383 e. The van der Waals surface area contributed by atoms with Crippen LogP contribution in [0.15, 0.2) is 59.6 Å². The molecule has 4 rings (SSSR count). The molecule has 4 heteroatoms. The van der Waals surface area contributed by atoms with Crippen molar-refractivity contribution in [2.24, 2.45) is 4.99 Å². The Labute approximate surface area is 129 Å². The Morgan fingerprint density at radius 3 is 2.59 bits per heavy atom. The predicted octanol–water partition coefficient (Wildman–Crippen LogP) is 1.73. The Morgan fingerprint density at radius 2 is 1.77 bits per heavy atom. The van der Waals surface area contributed by atoms with Crippen molar-refractivity contribution >= 4 is 5.84 Å². The lowest BCUT2D eigenvalue weighted by Crippen LogP contribution is -2.58. The molecule has 0 bridgehead atoms. The zero-order valence-electron chi connectivity index (χ0n) is 12.2. The lowest BCUT2D eigenvalue weighted by atomic mass is 9.85. The monoisotopic (exact) mass is 294 g/mol. The van der Waals surface area contributed by atoms with E-state index in [1.807, 2.05) is 59.5 Å². The van der Waals surface area contributed by atoms with Crippen LogP contribution in [0, 0.1) is 0 Å². The third-order valence-corrected chi connectivity index (χ3v) is 4.57. The van der Waals surface area contributed by atoms with Crippen LogP contribution in [0.5, 0.6) is 0 Å². The molecule has 0 saturated carbocycles. The molecular formula is C18H18N2O2. The highest BCUT2D eigenvalue weighted by atomic mass is 16.4. The normalized spacial score (nSPS) is 24.5. The van der Waals surface area contributed by atoms with Crippen LogP contribution in [0.4, 0.5) is 0 Å². The maximum absolute atomic E-state index is 11.3. The van der Waals surface area contributed by atoms with Gasteiger partial charge in [-0.2, -0.15) is 0 Å². The van der Waals surface area contributed by atoms with E-state index in [2.05, 4.69) is 4.99 Å². The van der Waals surface area contributed by atoms with Crippen molar-refractivity contribution in [3.63, 3.8) is 0 Å². The van der Waals surface area contributed by atoms with E-state index in [0.717, 1.165) is 22.5 Å². The molecule has 0 saturated heterocycles. The van der Waals surface area contributed by atoms with Crippen molar-refractivity contribution in [1.29, 1.82) is 0 Å². The summed E-state index contributed by atoms with van der Waals surface area (Å²) in [4.78, 5) is 6.40. The Hall–Kier alpha value is -2.17. The summed E-state index contributed by atoms with van der Waals surface area (Å²) >= 11 is 0. The van der Waals surface area contributed by atoms with Crippen LogP contribution >= 0.6 is 0 Å². The molecule has 22 heavy (non-hydrogen) atoms. The van der Waals surface area contributed by atoms with Gasteiger partial charge in [-0.05, 0) is 11.1 Å². The van der Waals surface area contributed by atoms with Gasteiger partial charge in [0.2, 0.25) is 0 Å². The number of aliphatic hydroxyl groups is 2. The van der Waals surface area contributed by atoms with Crippen LogP contribution < -0.4 is 0 Å². The summed E-state index contributed by atoms with van der Waals surface area (Å²) in [5.74, 6) is 0.791. The first-order valence-corrected chi connectivity index (χ1v) is 7.56. The fraction of sp³-hybridized carbons (Fsp3) is 0.278. The molecule has 0 spiro atoms. The van der Waals surface area contributed by atoms with E-state index in [-0.39, 0.29) is 0 Å². The fourth-order valence-electron chi connectivity index (χ4n) is 3.47. The molecule has 2 aliphatic heterocycles. The first kappa shape index (κ1) is 13.5. The third kappa shape index (κ3) is 1.88. The average Bonchev–Trinajstić information content (AvgIpc) is 3.06. The van der Waals surface area contributed by atoms with Crippen LogP contribution in [0.2, 0.25) is 0 Å². The first-order chi connectivity index (χ1) is 10.7. The number of benzene rings is 2. The Morgan fingerprint density at radius 1 is 1.05 bits per heavy atom. The van der Waals surface area contributed by atoms with Gasteiger partial charge >= 0.3 is 0 Å². The van der Waals surface area contributed by atoms with Crippen molar-refractivity contribution < 1.29 is 10.2 Å². The molecule has 0 amide bonds. The quantitative estimate of drug-likeness (QED) is 0.887. The van der Waals surface area contributed by atoms with Crippen molar-refractivity contribution in [2.45, 2.75) is 18.2 Å². The van der Waals surface area contributed by atoms with Gasteiger partial charge in [-0.1, -0.05) is 54.6 Å². The summed E-state index contributed by atoms with van der Waals surface area (Å²) in [5, 5.41) is 22.1. The molecule has 0 aliphatic carbocycles. The number of nitrogens with zero attached hydrogens (tertiary/aromatic N) is 2. The van der Waals surface area contributed by atoms with E-state index >= 15 is 0 Å². The van der Waals surface area contributed by atoms with E-state index in [4.69, 9.17) is 0 Å². The van der Waals surface area contributed by atoms with E-state index in [1.165, 1.54) is 0 Å². The topological polar surface area (TPSA) is 56.1 Å². The lowest BCUT2D eigenvalue weighted by Gasteiger charge is -2.46. The first-order valence-electron chi connectivity index (χ1n) is 7.56. The second-order valence-corrected chi connectivity index (χ2v) is 5.88. The number of hydrogen-bond donors (Lipinski definition) is 2. The van der Waals surface area contributed by atoms with Gasteiger partial charge in [-0.25, -0.2) is 0 Å². The van der Waals surface area contributed by atoms with E-state index in [9.17, 15) is 10.2 Å². The zero-order chi connectivity index (χ0) is 15.2. The van der Waals surface area contributed by atoms with Gasteiger partial charge in [-0.15, -0.1) is 0 Å². The lowest BCUT2D eigenvalue weighted by molar-refractivity contribution is -0.153. The SMILES string of the molecule is O[C@@H](c1ccccc1)[C@@]1(O)Cc2ccccc2C2=NCCN21. The van der Waals surface area contributed by atoms with Crippen LogP contribution in [0.3, 0.4) is 0 Å². The number of fused-ring (bicyclic) bond motifs is 3. The Balaban J connectivity index is 1.81. The molecule has 2 heterocycles. The molecule has 2 aromatic carbocycles. The second-order valence-electron chi connectivity index (χ2n) is 5.88. The number of aliphatic imine (C=N–C) groups is 1. The summed E-state index contributed by atoms with van der Waals surface area (Å²) in [5.41, 5.74) is 1.45. The predicted molar refractivity (Wildman–Crippen MR) is 84.6 cm³/mol. The van der Waals surface area contributed by atoms with Gasteiger partial charge in [0, 0.05) is 18.5 Å². The molecule has 4 nitrogen and oxygen atoms in total. The smallest absolute Gasteiger partial charge is 0.173 e. The minimum absolute atomic E-state index is 0.387. The number of hydrogen-bond acceptors (Lipinski definition) is 4. The molecule has 0 radical (unpaired) electrons. The van der Waals surface area contributed by atoms with Crippen LogP contribution in [-0.4, -0.2) is 39.8 Å². The van der Waals surface area contributed by atoms with Crippen LogP contribution in [-0.2, 0) is 6.42 Å². The van der Waals surface area contributed by atoms with E-state index in [1.54, 1.807) is 0 Å². The molecule has 112 valence electrons. The van der Waals surface area contributed by atoms with Gasteiger partial charge in [0.05, 0.1) is 6.54 Å². The number of amidine groups is 1. The second kappa shape index (κ2) is 4.93. The minimum atomic E-state index is -1.36. The third-order valence-electron chi connectivity index (χ3n) is 4.57. The maximum Gasteiger partial charge on any atom is 0.173 e. The molecule has 2 aliphatic rings. The highest BCUT2D eigenvalue weighted by Crippen LogP contribution is 2.39. The Bertz CT molecular complexity index is 729. The molecule has 2 aromatic rings. The summed E-state index contributed by atoms with van der Waals surface area (Å²) in [6.07, 6.45) is -0.594. The minimum Gasteiger partial charge on any atom is -0.383 e. The van der Waals surface area contributed by atoms with Gasteiger partial charge in [0.25, 0.3) is 0 Å². The van der Waals surface area contributed by atoms with Crippen LogP contribution in [0.25, 0.3) is 0 Å². The highest BCUT2D eigenvalue weighted by molar-refractivity contribution is 6.02. The molecular weight excluding hydrogens is 276 g/mol. The number of aliphatic hydroxyl groups excluding tert-OH is 1. The molecule has 2 atom stereocenters. The average molecular weight is 294 g/mol. The molecule has 0 unspecified atom stereocenters. The van der Waals surface area contributed by atoms with Gasteiger partial charge in [-0.3, -0.25) is 4.99 Å². The van der Waals surface area contributed by atoms with E-state index in [0.29, 0.717) is 19.5 Å². The van der Waals surface area contributed by atoms with Crippen molar-refractivity contribution in [1.82, 2.24) is 4.90 Å². The Kier molecular flexibility index (Phi) is 3.03. The molecule has 0 aromatic heterocycles. The molecule has 2 N–H and O–H groups in total. The van der Waals surface area contributed by atoms with Crippen molar-refractivity contribution in [3.05, 3.63) is 71.3 Å². The standard InChI is InChI=1S/C18H18N2O2/c21-16(13-6-2-1-3-7-13)18(22)12-14-8-4-5-9-15(14)17-19-10-11-20(17)18/h1-9,16,21-22H,10-12H2/t16-,18-/m0/s1.